The minimum absolute atomic E-state index is 0.0531. The normalized spacial score (nSPS) is 14.7. The van der Waals surface area contributed by atoms with Crippen molar-refractivity contribution in [1.29, 1.82) is 0 Å². The van der Waals surface area contributed by atoms with Crippen LogP contribution in [0.3, 0.4) is 0 Å². The number of aryl methyl sites for hydroxylation is 1. The maximum Gasteiger partial charge on any atom is 0.309 e. The average molecular weight is 255 g/mol. The van der Waals surface area contributed by atoms with Crippen molar-refractivity contribution in [3.05, 3.63) is 34.3 Å². The van der Waals surface area contributed by atoms with Gasteiger partial charge in [-0.25, -0.2) is 0 Å². The Bertz CT molecular complexity index is 426. The van der Waals surface area contributed by atoms with E-state index in [2.05, 4.69) is 0 Å². The lowest BCUT2D eigenvalue weighted by molar-refractivity contribution is -0.150. The van der Waals surface area contributed by atoms with E-state index in [9.17, 15) is 9.90 Å². The summed E-state index contributed by atoms with van der Waals surface area (Å²) in [6.07, 6.45) is 0.457. The molecule has 1 aromatic rings. The van der Waals surface area contributed by atoms with E-state index < -0.39 is 11.4 Å². The first-order valence-corrected chi connectivity index (χ1v) is 6.13. The first-order chi connectivity index (χ1) is 7.77. The van der Waals surface area contributed by atoms with Gasteiger partial charge in [0.15, 0.2) is 0 Å². The highest BCUT2D eigenvalue weighted by Crippen LogP contribution is 2.34. The van der Waals surface area contributed by atoms with Crippen LogP contribution in [0.15, 0.2) is 18.2 Å². The summed E-state index contributed by atoms with van der Waals surface area (Å²) in [7, 11) is 0. The summed E-state index contributed by atoms with van der Waals surface area (Å²) in [4.78, 5) is 11.4. The van der Waals surface area contributed by atoms with Crippen molar-refractivity contribution in [1.82, 2.24) is 0 Å². The van der Waals surface area contributed by atoms with Gasteiger partial charge in [0.05, 0.1) is 5.41 Å². The van der Waals surface area contributed by atoms with Crippen molar-refractivity contribution in [3.63, 3.8) is 0 Å². The first-order valence-electron chi connectivity index (χ1n) is 5.76. The van der Waals surface area contributed by atoms with Crippen molar-refractivity contribution in [2.45, 2.75) is 34.1 Å². The second-order valence-corrected chi connectivity index (χ2v) is 5.56. The molecule has 0 saturated heterocycles. The summed E-state index contributed by atoms with van der Waals surface area (Å²) in [5.74, 6) is -0.721. The summed E-state index contributed by atoms with van der Waals surface area (Å²) in [6, 6.07) is 5.75. The van der Waals surface area contributed by atoms with E-state index in [1.807, 2.05) is 39.0 Å². The lowest BCUT2D eigenvalue weighted by Gasteiger charge is -2.29. The Hall–Kier alpha value is -1.02. The second kappa shape index (κ2) is 5.09. The molecular weight excluding hydrogens is 236 g/mol. The third-order valence-corrected chi connectivity index (χ3v) is 3.88. The molecule has 0 aliphatic heterocycles. The third kappa shape index (κ3) is 3.01. The van der Waals surface area contributed by atoms with Gasteiger partial charge < -0.3 is 5.11 Å². The quantitative estimate of drug-likeness (QED) is 0.884. The van der Waals surface area contributed by atoms with Crippen LogP contribution < -0.4 is 0 Å². The van der Waals surface area contributed by atoms with E-state index >= 15 is 0 Å². The van der Waals surface area contributed by atoms with Crippen LogP contribution in [0.25, 0.3) is 0 Å². The van der Waals surface area contributed by atoms with Crippen LogP contribution in [-0.2, 0) is 11.2 Å². The van der Waals surface area contributed by atoms with Crippen LogP contribution in [0.2, 0.25) is 5.02 Å². The molecule has 1 N–H and O–H groups in total. The lowest BCUT2D eigenvalue weighted by Crippen LogP contribution is -2.35. The molecule has 0 radical (unpaired) electrons. The molecule has 1 aromatic carbocycles. The van der Waals surface area contributed by atoms with Crippen LogP contribution in [0.5, 0.6) is 0 Å². The SMILES string of the molecule is Cc1ccc(CC(C)(C(=O)O)C(C)C)c(Cl)c1. The van der Waals surface area contributed by atoms with E-state index in [1.165, 1.54) is 0 Å². The van der Waals surface area contributed by atoms with Crippen molar-refractivity contribution in [2.24, 2.45) is 11.3 Å². The van der Waals surface area contributed by atoms with Crippen molar-refractivity contribution < 1.29 is 9.90 Å². The standard InChI is InChI=1S/C14H19ClO2/c1-9(2)14(4,13(16)17)8-11-6-5-10(3)7-12(11)15/h5-7,9H,8H2,1-4H3,(H,16,17). The zero-order valence-electron chi connectivity index (χ0n) is 10.7. The Kier molecular flexibility index (Phi) is 4.21. The topological polar surface area (TPSA) is 37.3 Å². The van der Waals surface area contributed by atoms with E-state index in [4.69, 9.17) is 11.6 Å². The molecule has 0 aliphatic rings. The van der Waals surface area contributed by atoms with Gasteiger partial charge in [-0.05, 0) is 43.4 Å². The fourth-order valence-corrected chi connectivity index (χ4v) is 2.02. The number of hydrogen-bond acceptors (Lipinski definition) is 1. The molecule has 0 aromatic heterocycles. The highest BCUT2D eigenvalue weighted by Gasteiger charge is 2.37. The highest BCUT2D eigenvalue weighted by molar-refractivity contribution is 6.31. The number of carbonyl (C=O) groups is 1. The van der Waals surface area contributed by atoms with Gasteiger partial charge in [0.25, 0.3) is 0 Å². The molecule has 0 bridgehead atoms. The molecule has 0 heterocycles. The number of halogens is 1. The minimum atomic E-state index is -0.779. The van der Waals surface area contributed by atoms with Gasteiger partial charge in [0.2, 0.25) is 0 Å². The molecule has 1 atom stereocenters. The fourth-order valence-electron chi connectivity index (χ4n) is 1.72. The Morgan fingerprint density at radius 1 is 1.47 bits per heavy atom. The smallest absolute Gasteiger partial charge is 0.309 e. The maximum absolute atomic E-state index is 11.4. The van der Waals surface area contributed by atoms with Gasteiger partial charge in [-0.1, -0.05) is 37.6 Å². The predicted molar refractivity (Wildman–Crippen MR) is 70.5 cm³/mol. The van der Waals surface area contributed by atoms with Crippen molar-refractivity contribution >= 4 is 17.6 Å². The second-order valence-electron chi connectivity index (χ2n) is 5.15. The van der Waals surface area contributed by atoms with E-state index in [1.54, 1.807) is 6.92 Å². The predicted octanol–water partition coefficient (Wildman–Crippen LogP) is 3.94. The average Bonchev–Trinajstić information content (AvgIpc) is 2.21. The van der Waals surface area contributed by atoms with Gasteiger partial charge >= 0.3 is 5.97 Å². The molecule has 0 amide bonds. The molecule has 94 valence electrons. The number of rotatable bonds is 4. The molecule has 0 fully saturated rings. The first kappa shape index (κ1) is 14.0. The Balaban J connectivity index is 3.07. The molecule has 1 rings (SSSR count). The van der Waals surface area contributed by atoms with Gasteiger partial charge in [-0.15, -0.1) is 0 Å². The van der Waals surface area contributed by atoms with Crippen LogP contribution in [0.1, 0.15) is 31.9 Å². The molecule has 1 unspecified atom stereocenters. The minimum Gasteiger partial charge on any atom is -0.481 e. The zero-order chi connectivity index (χ0) is 13.2. The number of aliphatic carboxylic acids is 1. The number of carboxylic acid groups (broad SMARTS) is 1. The van der Waals surface area contributed by atoms with Crippen LogP contribution in [0, 0.1) is 18.3 Å². The molecule has 0 spiro atoms. The largest absolute Gasteiger partial charge is 0.481 e. The van der Waals surface area contributed by atoms with Crippen LogP contribution in [0.4, 0.5) is 0 Å². The number of carboxylic acids is 1. The summed E-state index contributed by atoms with van der Waals surface area (Å²) in [5, 5.41) is 10.0. The van der Waals surface area contributed by atoms with Gasteiger partial charge in [0, 0.05) is 5.02 Å². The van der Waals surface area contributed by atoms with Crippen LogP contribution in [-0.4, -0.2) is 11.1 Å². The third-order valence-electron chi connectivity index (χ3n) is 3.53. The van der Waals surface area contributed by atoms with Gasteiger partial charge in [-0.2, -0.15) is 0 Å². The summed E-state index contributed by atoms with van der Waals surface area (Å²) in [5.41, 5.74) is 1.20. The molecule has 0 saturated carbocycles. The molecule has 17 heavy (non-hydrogen) atoms. The Labute approximate surface area is 108 Å². The fraction of sp³-hybridized carbons (Fsp3) is 0.500. The zero-order valence-corrected chi connectivity index (χ0v) is 11.5. The molecule has 2 nitrogen and oxygen atoms in total. The van der Waals surface area contributed by atoms with E-state index in [0.29, 0.717) is 11.4 Å². The van der Waals surface area contributed by atoms with Gasteiger partial charge in [0.1, 0.15) is 0 Å². The molecule has 3 heteroatoms. The molecular formula is C14H19ClO2. The Morgan fingerprint density at radius 2 is 2.06 bits per heavy atom. The lowest BCUT2D eigenvalue weighted by atomic mass is 9.74. The van der Waals surface area contributed by atoms with Crippen molar-refractivity contribution in [2.75, 3.05) is 0 Å². The number of hydrogen-bond donors (Lipinski definition) is 1. The highest BCUT2D eigenvalue weighted by atomic mass is 35.5. The summed E-state index contributed by atoms with van der Waals surface area (Å²) < 4.78 is 0. The molecule has 0 aliphatic carbocycles. The van der Waals surface area contributed by atoms with Crippen LogP contribution >= 0.6 is 11.6 Å². The van der Waals surface area contributed by atoms with Crippen molar-refractivity contribution in [3.8, 4) is 0 Å². The van der Waals surface area contributed by atoms with E-state index in [0.717, 1.165) is 11.1 Å². The maximum atomic E-state index is 11.4. The van der Waals surface area contributed by atoms with Gasteiger partial charge in [-0.3, -0.25) is 4.79 Å². The summed E-state index contributed by atoms with van der Waals surface area (Å²) in [6.45, 7) is 7.59. The number of benzene rings is 1. The van der Waals surface area contributed by atoms with E-state index in [-0.39, 0.29) is 5.92 Å². The summed E-state index contributed by atoms with van der Waals surface area (Å²) >= 11 is 6.15. The Morgan fingerprint density at radius 3 is 2.47 bits per heavy atom. The monoisotopic (exact) mass is 254 g/mol.